The van der Waals surface area contributed by atoms with E-state index in [1.165, 1.54) is 38.5 Å². The molecule has 0 aliphatic carbocycles. The number of benzene rings is 3. The van der Waals surface area contributed by atoms with Crippen molar-refractivity contribution in [3.63, 3.8) is 0 Å². The van der Waals surface area contributed by atoms with Crippen molar-refractivity contribution in [3.8, 4) is 11.4 Å². The average molecular weight is 386 g/mol. The number of ether oxygens (including phenoxy) is 2. The zero-order chi connectivity index (χ0) is 20.0. The van der Waals surface area contributed by atoms with Crippen LogP contribution in [0.2, 0.25) is 0 Å². The van der Waals surface area contributed by atoms with E-state index in [-0.39, 0.29) is 6.29 Å². The molecule has 3 nitrogen and oxygen atoms in total. The minimum Gasteiger partial charge on any atom is -0.463 e. The van der Waals surface area contributed by atoms with Crippen LogP contribution in [0.5, 0.6) is 5.75 Å². The van der Waals surface area contributed by atoms with Gasteiger partial charge in [0.1, 0.15) is 5.75 Å². The van der Waals surface area contributed by atoms with E-state index < -0.39 is 0 Å². The van der Waals surface area contributed by atoms with Crippen LogP contribution < -0.4 is 4.74 Å². The van der Waals surface area contributed by atoms with Crippen LogP contribution in [-0.4, -0.2) is 17.5 Å². The molecule has 0 bridgehead atoms. The number of nitrogens with zero attached hydrogens (tertiary/aromatic N) is 1. The Kier molecular flexibility index (Phi) is 4.56. The lowest BCUT2D eigenvalue weighted by atomic mass is 10.1. The molecular weight excluding hydrogens is 358 g/mol. The summed E-state index contributed by atoms with van der Waals surface area (Å²) in [4.78, 5) is 0. The lowest BCUT2D eigenvalue weighted by Gasteiger charge is -2.25. The predicted octanol–water partition coefficient (Wildman–Crippen LogP) is 6.61. The van der Waals surface area contributed by atoms with Crippen LogP contribution in [0.25, 0.3) is 27.5 Å². The van der Waals surface area contributed by atoms with Gasteiger partial charge in [-0.25, -0.2) is 0 Å². The van der Waals surface area contributed by atoms with E-state index in [1.54, 1.807) is 0 Å². The molecule has 0 N–H and O–H groups in total. The van der Waals surface area contributed by atoms with Crippen molar-refractivity contribution in [1.29, 1.82) is 0 Å². The first-order chi connectivity index (χ1) is 14.1. The molecule has 29 heavy (non-hydrogen) atoms. The first-order valence-corrected chi connectivity index (χ1v) is 10.5. The average Bonchev–Trinajstić information content (AvgIpc) is 3.03. The van der Waals surface area contributed by atoms with E-state index in [0.29, 0.717) is 0 Å². The van der Waals surface area contributed by atoms with Crippen molar-refractivity contribution < 1.29 is 9.47 Å². The molecule has 1 aliphatic heterocycles. The summed E-state index contributed by atoms with van der Waals surface area (Å²) in [6, 6.07) is 19.8. The molecule has 1 saturated heterocycles. The van der Waals surface area contributed by atoms with Gasteiger partial charge in [-0.2, -0.15) is 0 Å². The van der Waals surface area contributed by atoms with Gasteiger partial charge in [-0.15, -0.1) is 0 Å². The Hall–Kier alpha value is -2.78. The van der Waals surface area contributed by atoms with Crippen molar-refractivity contribution in [2.45, 2.75) is 46.3 Å². The second-order valence-electron chi connectivity index (χ2n) is 8.26. The van der Waals surface area contributed by atoms with Gasteiger partial charge in [-0.05, 0) is 75.6 Å². The Labute approximate surface area is 171 Å². The number of aryl methyl sites for hydroxylation is 3. The summed E-state index contributed by atoms with van der Waals surface area (Å²) in [5.74, 6) is 0.877. The standard InChI is InChI=1S/C26H27NO2/c1-17-7-10-22-20(14-17)21-15-18(2)8-11-23(21)27(22)24-16-19(3)9-12-25(24)29-26-6-4-5-13-28-26/h7-12,14-16,26H,4-6,13H2,1-3H3. The third-order valence-electron chi connectivity index (χ3n) is 5.83. The number of fused-ring (bicyclic) bond motifs is 3. The van der Waals surface area contributed by atoms with E-state index >= 15 is 0 Å². The Morgan fingerprint density at radius 1 is 0.793 bits per heavy atom. The van der Waals surface area contributed by atoms with E-state index in [1.807, 2.05) is 0 Å². The van der Waals surface area contributed by atoms with Crippen molar-refractivity contribution in [1.82, 2.24) is 4.57 Å². The van der Waals surface area contributed by atoms with Crippen LogP contribution in [0, 0.1) is 20.8 Å². The van der Waals surface area contributed by atoms with Gasteiger partial charge in [0.05, 0.1) is 23.3 Å². The molecule has 0 saturated carbocycles. The molecule has 0 amide bonds. The Morgan fingerprint density at radius 2 is 1.41 bits per heavy atom. The summed E-state index contributed by atoms with van der Waals surface area (Å²) in [7, 11) is 0. The summed E-state index contributed by atoms with van der Waals surface area (Å²) in [5, 5.41) is 2.56. The van der Waals surface area contributed by atoms with Gasteiger partial charge in [0, 0.05) is 17.2 Å². The molecule has 1 aliphatic rings. The molecule has 1 unspecified atom stereocenters. The summed E-state index contributed by atoms with van der Waals surface area (Å²) in [5.41, 5.74) is 7.24. The monoisotopic (exact) mass is 385 g/mol. The van der Waals surface area contributed by atoms with Gasteiger partial charge in [0.2, 0.25) is 0 Å². The Bertz CT molecular complexity index is 1140. The summed E-state index contributed by atoms with van der Waals surface area (Å²) >= 11 is 0. The molecular formula is C26H27NO2. The van der Waals surface area contributed by atoms with Crippen LogP contribution in [0.3, 0.4) is 0 Å². The third-order valence-corrected chi connectivity index (χ3v) is 5.83. The molecule has 3 heteroatoms. The smallest absolute Gasteiger partial charge is 0.199 e. The second-order valence-corrected chi connectivity index (χ2v) is 8.26. The fourth-order valence-electron chi connectivity index (χ4n) is 4.36. The lowest BCUT2D eigenvalue weighted by molar-refractivity contribution is -0.105. The maximum Gasteiger partial charge on any atom is 0.199 e. The molecule has 1 fully saturated rings. The first kappa shape index (κ1) is 18.3. The highest BCUT2D eigenvalue weighted by molar-refractivity contribution is 6.09. The van der Waals surface area contributed by atoms with E-state index in [0.717, 1.165) is 37.3 Å². The van der Waals surface area contributed by atoms with Crippen LogP contribution in [-0.2, 0) is 4.74 Å². The second kappa shape index (κ2) is 7.23. The van der Waals surface area contributed by atoms with Gasteiger partial charge in [-0.1, -0.05) is 29.3 Å². The molecule has 4 aromatic rings. The number of hydrogen-bond donors (Lipinski definition) is 0. The highest BCUT2D eigenvalue weighted by Gasteiger charge is 2.20. The fraction of sp³-hybridized carbons (Fsp3) is 0.308. The van der Waals surface area contributed by atoms with Crippen molar-refractivity contribution in [3.05, 3.63) is 71.3 Å². The number of aromatic nitrogens is 1. The maximum atomic E-state index is 6.37. The minimum atomic E-state index is -0.164. The van der Waals surface area contributed by atoms with Crippen LogP contribution >= 0.6 is 0 Å². The summed E-state index contributed by atoms with van der Waals surface area (Å²) in [6.07, 6.45) is 3.05. The van der Waals surface area contributed by atoms with E-state index in [4.69, 9.17) is 9.47 Å². The molecule has 5 rings (SSSR count). The number of hydrogen-bond acceptors (Lipinski definition) is 2. The Morgan fingerprint density at radius 3 is 2.03 bits per heavy atom. The van der Waals surface area contributed by atoms with Gasteiger partial charge in [0.15, 0.2) is 6.29 Å². The van der Waals surface area contributed by atoms with E-state index in [2.05, 4.69) is 79.9 Å². The molecule has 1 aromatic heterocycles. The van der Waals surface area contributed by atoms with Gasteiger partial charge >= 0.3 is 0 Å². The maximum absolute atomic E-state index is 6.37. The van der Waals surface area contributed by atoms with Crippen molar-refractivity contribution in [2.75, 3.05) is 6.61 Å². The molecule has 148 valence electrons. The van der Waals surface area contributed by atoms with Gasteiger partial charge in [0.25, 0.3) is 0 Å². The van der Waals surface area contributed by atoms with E-state index in [9.17, 15) is 0 Å². The highest BCUT2D eigenvalue weighted by atomic mass is 16.7. The van der Waals surface area contributed by atoms with Crippen molar-refractivity contribution in [2.24, 2.45) is 0 Å². The SMILES string of the molecule is Cc1ccc(OC2CCCCO2)c(-n2c3ccc(C)cc3c3cc(C)ccc32)c1. The Balaban J connectivity index is 1.75. The molecule has 2 heterocycles. The molecule has 0 spiro atoms. The third kappa shape index (κ3) is 3.30. The van der Waals surface area contributed by atoms with Crippen LogP contribution in [0.15, 0.2) is 54.6 Å². The van der Waals surface area contributed by atoms with Crippen LogP contribution in [0.1, 0.15) is 36.0 Å². The highest BCUT2D eigenvalue weighted by Crippen LogP contribution is 2.37. The first-order valence-electron chi connectivity index (χ1n) is 10.5. The van der Waals surface area contributed by atoms with Crippen LogP contribution in [0.4, 0.5) is 0 Å². The fourth-order valence-corrected chi connectivity index (χ4v) is 4.36. The quantitative estimate of drug-likeness (QED) is 0.396. The normalized spacial score (nSPS) is 17.1. The summed E-state index contributed by atoms with van der Waals surface area (Å²) < 4.78 is 14.6. The molecule has 3 aromatic carbocycles. The largest absolute Gasteiger partial charge is 0.463 e. The van der Waals surface area contributed by atoms with Gasteiger partial charge in [-0.3, -0.25) is 0 Å². The zero-order valence-electron chi connectivity index (χ0n) is 17.4. The number of rotatable bonds is 3. The topological polar surface area (TPSA) is 23.4 Å². The van der Waals surface area contributed by atoms with Gasteiger partial charge < -0.3 is 14.0 Å². The molecule has 0 radical (unpaired) electrons. The lowest BCUT2D eigenvalue weighted by Crippen LogP contribution is -2.25. The minimum absolute atomic E-state index is 0.164. The summed E-state index contributed by atoms with van der Waals surface area (Å²) in [6.45, 7) is 7.21. The predicted molar refractivity (Wildman–Crippen MR) is 119 cm³/mol. The molecule has 1 atom stereocenters. The van der Waals surface area contributed by atoms with Crippen molar-refractivity contribution >= 4 is 21.8 Å². The zero-order valence-corrected chi connectivity index (χ0v) is 17.4.